The Bertz CT molecular complexity index is 513. The number of aryl methyl sites for hydroxylation is 2. The number of hydrogen-bond donors (Lipinski definition) is 2. The highest BCUT2D eigenvalue weighted by atomic mass is 16.2. The molecule has 0 spiro atoms. The van der Waals surface area contributed by atoms with Crippen LogP contribution in [0.25, 0.3) is 0 Å². The zero-order valence-electron chi connectivity index (χ0n) is 12.9. The number of hydrogen-bond acceptors (Lipinski definition) is 2. The minimum Gasteiger partial charge on any atom is -0.370 e. The molecule has 0 radical (unpaired) electrons. The van der Waals surface area contributed by atoms with Crippen LogP contribution >= 0.6 is 0 Å². The van der Waals surface area contributed by atoms with E-state index >= 15 is 0 Å². The summed E-state index contributed by atoms with van der Waals surface area (Å²) in [6.45, 7) is 6.29. The SMILES string of the molecule is Cc1cc(C)cc(NC(N)=NCCC(=O)N2CCCC2)c1. The maximum Gasteiger partial charge on any atom is 0.224 e. The summed E-state index contributed by atoms with van der Waals surface area (Å²) in [5, 5.41) is 3.07. The molecule has 0 aromatic heterocycles. The highest BCUT2D eigenvalue weighted by Crippen LogP contribution is 2.13. The molecule has 0 atom stereocenters. The summed E-state index contributed by atoms with van der Waals surface area (Å²) in [4.78, 5) is 18.0. The molecule has 0 unspecified atom stereocenters. The molecule has 5 heteroatoms. The van der Waals surface area contributed by atoms with E-state index < -0.39 is 0 Å². The molecule has 114 valence electrons. The average Bonchev–Trinajstić information content (AvgIpc) is 2.90. The summed E-state index contributed by atoms with van der Waals surface area (Å²) in [5.41, 5.74) is 9.14. The van der Waals surface area contributed by atoms with Gasteiger partial charge in [-0.3, -0.25) is 9.79 Å². The lowest BCUT2D eigenvalue weighted by Gasteiger charge is -2.14. The van der Waals surface area contributed by atoms with Gasteiger partial charge in [0.2, 0.25) is 5.91 Å². The Morgan fingerprint density at radius 3 is 2.48 bits per heavy atom. The number of carbonyl (C=O) groups is 1. The maximum absolute atomic E-state index is 11.9. The van der Waals surface area contributed by atoms with Gasteiger partial charge in [-0.1, -0.05) is 6.07 Å². The maximum atomic E-state index is 11.9. The van der Waals surface area contributed by atoms with Crippen molar-refractivity contribution in [3.63, 3.8) is 0 Å². The first-order chi connectivity index (χ1) is 10.0. The lowest BCUT2D eigenvalue weighted by molar-refractivity contribution is -0.129. The molecule has 5 nitrogen and oxygen atoms in total. The van der Waals surface area contributed by atoms with Crippen molar-refractivity contribution in [1.82, 2.24) is 4.90 Å². The van der Waals surface area contributed by atoms with Gasteiger partial charge < -0.3 is 16.0 Å². The predicted octanol–water partition coefficient (Wildman–Crippen LogP) is 2.04. The van der Waals surface area contributed by atoms with E-state index in [4.69, 9.17) is 5.73 Å². The molecule has 1 saturated heterocycles. The quantitative estimate of drug-likeness (QED) is 0.658. The molecule has 2 rings (SSSR count). The molecule has 1 fully saturated rings. The van der Waals surface area contributed by atoms with Crippen LogP contribution in [0.15, 0.2) is 23.2 Å². The summed E-state index contributed by atoms with van der Waals surface area (Å²) in [7, 11) is 0. The van der Waals surface area contributed by atoms with E-state index in [1.807, 2.05) is 30.9 Å². The fraction of sp³-hybridized carbons (Fsp3) is 0.500. The van der Waals surface area contributed by atoms with Gasteiger partial charge >= 0.3 is 0 Å². The second kappa shape index (κ2) is 7.11. The molecule has 21 heavy (non-hydrogen) atoms. The van der Waals surface area contributed by atoms with E-state index in [-0.39, 0.29) is 5.91 Å². The highest BCUT2D eigenvalue weighted by Gasteiger charge is 2.16. The molecule has 1 aliphatic rings. The van der Waals surface area contributed by atoms with Crippen molar-refractivity contribution in [2.45, 2.75) is 33.1 Å². The third kappa shape index (κ3) is 4.77. The molecule has 1 heterocycles. The number of nitrogens with zero attached hydrogens (tertiary/aromatic N) is 2. The molecule has 3 N–H and O–H groups in total. The van der Waals surface area contributed by atoms with E-state index in [0.29, 0.717) is 18.9 Å². The Hall–Kier alpha value is -2.04. The lowest BCUT2D eigenvalue weighted by atomic mass is 10.1. The summed E-state index contributed by atoms with van der Waals surface area (Å²) in [5.74, 6) is 0.532. The number of nitrogens with two attached hydrogens (primary N) is 1. The Morgan fingerprint density at radius 2 is 1.86 bits per heavy atom. The van der Waals surface area contributed by atoms with Crippen LogP contribution in [0.2, 0.25) is 0 Å². The zero-order valence-corrected chi connectivity index (χ0v) is 12.9. The standard InChI is InChI=1S/C16H24N4O/c1-12-9-13(2)11-14(10-12)19-16(17)18-6-5-15(21)20-7-3-4-8-20/h9-11H,3-8H2,1-2H3,(H3,17,18,19). The normalized spacial score (nSPS) is 15.3. The first kappa shape index (κ1) is 15.4. The van der Waals surface area contributed by atoms with Gasteiger partial charge in [0.15, 0.2) is 5.96 Å². The summed E-state index contributed by atoms with van der Waals surface area (Å²) in [6.07, 6.45) is 2.66. The Morgan fingerprint density at radius 1 is 1.24 bits per heavy atom. The average molecular weight is 288 g/mol. The second-order valence-electron chi connectivity index (χ2n) is 5.61. The molecule has 1 aromatic carbocycles. The van der Waals surface area contributed by atoms with Crippen LogP contribution in [0.3, 0.4) is 0 Å². The first-order valence-electron chi connectivity index (χ1n) is 7.47. The van der Waals surface area contributed by atoms with Gasteiger partial charge in [-0.05, 0) is 49.9 Å². The minimum atomic E-state index is 0.176. The number of carbonyl (C=O) groups excluding carboxylic acids is 1. The van der Waals surface area contributed by atoms with Crippen LogP contribution in [-0.2, 0) is 4.79 Å². The number of nitrogens with one attached hydrogen (secondary N) is 1. The fourth-order valence-electron chi connectivity index (χ4n) is 2.63. The van der Waals surface area contributed by atoms with Gasteiger partial charge in [0.05, 0.1) is 6.54 Å². The van der Waals surface area contributed by atoms with Crippen molar-refractivity contribution < 1.29 is 4.79 Å². The lowest BCUT2D eigenvalue weighted by Crippen LogP contribution is -2.28. The summed E-state index contributed by atoms with van der Waals surface area (Å²) < 4.78 is 0. The molecule has 0 aliphatic carbocycles. The van der Waals surface area contributed by atoms with Crippen LogP contribution in [-0.4, -0.2) is 36.4 Å². The molecular weight excluding hydrogens is 264 g/mol. The van der Waals surface area contributed by atoms with E-state index in [9.17, 15) is 4.79 Å². The van der Waals surface area contributed by atoms with Gasteiger partial charge in [-0.2, -0.15) is 0 Å². The van der Waals surface area contributed by atoms with Crippen LogP contribution in [0, 0.1) is 13.8 Å². The molecule has 1 aromatic rings. The number of guanidine groups is 1. The third-order valence-electron chi connectivity index (χ3n) is 3.56. The molecule has 0 bridgehead atoms. The zero-order chi connectivity index (χ0) is 15.2. The van der Waals surface area contributed by atoms with Gasteiger partial charge in [0, 0.05) is 25.2 Å². The largest absolute Gasteiger partial charge is 0.370 e. The Kier molecular flexibility index (Phi) is 5.20. The second-order valence-corrected chi connectivity index (χ2v) is 5.61. The van der Waals surface area contributed by atoms with Crippen LogP contribution < -0.4 is 11.1 Å². The van der Waals surface area contributed by atoms with E-state index in [2.05, 4.69) is 16.4 Å². The smallest absolute Gasteiger partial charge is 0.224 e. The number of aliphatic imine (C=N–C) groups is 1. The predicted molar refractivity (Wildman–Crippen MR) is 86.5 cm³/mol. The number of anilines is 1. The van der Waals surface area contributed by atoms with E-state index in [1.54, 1.807) is 0 Å². The first-order valence-corrected chi connectivity index (χ1v) is 7.47. The third-order valence-corrected chi connectivity index (χ3v) is 3.56. The molecule has 1 aliphatic heterocycles. The number of rotatable bonds is 4. The van der Waals surface area contributed by atoms with Crippen molar-refractivity contribution in [1.29, 1.82) is 0 Å². The topological polar surface area (TPSA) is 70.7 Å². The van der Waals surface area contributed by atoms with E-state index in [0.717, 1.165) is 31.6 Å². The Balaban J connectivity index is 1.82. The minimum absolute atomic E-state index is 0.176. The van der Waals surface area contributed by atoms with Crippen molar-refractivity contribution in [3.8, 4) is 0 Å². The molecular formula is C16H24N4O. The number of benzene rings is 1. The van der Waals surface area contributed by atoms with Gasteiger partial charge in [-0.15, -0.1) is 0 Å². The molecule has 1 amide bonds. The summed E-state index contributed by atoms with van der Waals surface area (Å²) in [6, 6.07) is 6.14. The van der Waals surface area contributed by atoms with Crippen molar-refractivity contribution in [3.05, 3.63) is 29.3 Å². The fourth-order valence-corrected chi connectivity index (χ4v) is 2.63. The van der Waals surface area contributed by atoms with Crippen LogP contribution in [0.1, 0.15) is 30.4 Å². The van der Waals surface area contributed by atoms with Crippen LogP contribution in [0.5, 0.6) is 0 Å². The van der Waals surface area contributed by atoms with Gasteiger partial charge in [0.25, 0.3) is 0 Å². The number of amides is 1. The summed E-state index contributed by atoms with van der Waals surface area (Å²) >= 11 is 0. The van der Waals surface area contributed by atoms with Crippen molar-refractivity contribution >= 4 is 17.6 Å². The highest BCUT2D eigenvalue weighted by molar-refractivity contribution is 5.92. The monoisotopic (exact) mass is 288 g/mol. The van der Waals surface area contributed by atoms with Crippen LogP contribution in [0.4, 0.5) is 5.69 Å². The van der Waals surface area contributed by atoms with Crippen molar-refractivity contribution in [2.24, 2.45) is 10.7 Å². The van der Waals surface area contributed by atoms with Gasteiger partial charge in [0.1, 0.15) is 0 Å². The molecule has 0 saturated carbocycles. The number of likely N-dealkylation sites (tertiary alicyclic amines) is 1. The van der Waals surface area contributed by atoms with Crippen molar-refractivity contribution in [2.75, 3.05) is 25.0 Å². The van der Waals surface area contributed by atoms with E-state index in [1.165, 1.54) is 11.1 Å². The Labute approximate surface area is 126 Å². The van der Waals surface area contributed by atoms with Gasteiger partial charge in [-0.25, -0.2) is 0 Å².